The highest BCUT2D eigenvalue weighted by Gasteiger charge is 2.38. The van der Waals surface area contributed by atoms with Crippen LogP contribution in [0.25, 0.3) is 0 Å². The van der Waals surface area contributed by atoms with Crippen LogP contribution < -0.4 is 36.7 Å². The quantitative estimate of drug-likeness (QED) is 0.108. The largest absolute Gasteiger partial charge is 0.490 e. The molecular weight excluding hydrogens is 585 g/mol. The van der Waals surface area contributed by atoms with Gasteiger partial charge in [-0.05, 0) is 74.9 Å². The number of hydrazine groups is 1. The number of nitrogens with one attached hydrogen (secondary N) is 3. The lowest BCUT2D eigenvalue weighted by Gasteiger charge is -2.26. The molecule has 3 aromatic rings. The number of carbonyl (C=O) groups excluding carboxylic acids is 2. The maximum atomic E-state index is 13.6. The van der Waals surface area contributed by atoms with Crippen molar-refractivity contribution in [2.24, 2.45) is 11.5 Å². The zero-order valence-electron chi connectivity index (χ0n) is 24.0. The van der Waals surface area contributed by atoms with E-state index < -0.39 is 30.1 Å². The van der Waals surface area contributed by atoms with Crippen molar-refractivity contribution in [2.45, 2.75) is 39.1 Å². The normalized spacial score (nSPS) is 11.3. The van der Waals surface area contributed by atoms with Crippen LogP contribution >= 0.6 is 0 Å². The molecule has 1 atom stereocenters. The molecule has 1 unspecified atom stereocenters. The van der Waals surface area contributed by atoms with Crippen LogP contribution in [0, 0.1) is 5.41 Å². The number of nitrogens with two attached hydrogens (primary N) is 2. The van der Waals surface area contributed by atoms with Crippen molar-refractivity contribution in [2.75, 3.05) is 16.9 Å². The highest BCUT2D eigenvalue weighted by molar-refractivity contribution is 5.97. The Morgan fingerprint density at radius 3 is 2.05 bits per heavy atom. The summed E-state index contributed by atoms with van der Waals surface area (Å²) >= 11 is 0. The number of nitrogens with zero attached hydrogens (tertiary/aromatic N) is 1. The second-order valence-electron chi connectivity index (χ2n) is 9.16. The lowest BCUT2D eigenvalue weighted by atomic mass is 10.0. The van der Waals surface area contributed by atoms with Gasteiger partial charge in [0.15, 0.2) is 11.5 Å². The maximum Gasteiger partial charge on any atom is 0.490 e. The van der Waals surface area contributed by atoms with E-state index in [-0.39, 0.29) is 11.9 Å². The van der Waals surface area contributed by atoms with Crippen LogP contribution in [0.15, 0.2) is 72.8 Å². The van der Waals surface area contributed by atoms with Crippen LogP contribution in [0.3, 0.4) is 0 Å². The Morgan fingerprint density at radius 1 is 0.977 bits per heavy atom. The van der Waals surface area contributed by atoms with Gasteiger partial charge in [0.25, 0.3) is 5.91 Å². The molecular formula is C29H33F3N6O6. The van der Waals surface area contributed by atoms with Crippen molar-refractivity contribution < 1.29 is 42.1 Å². The molecule has 3 rings (SSSR count). The Hall–Kier alpha value is -5.47. The average Bonchev–Trinajstić information content (AvgIpc) is 2.95. The van der Waals surface area contributed by atoms with Gasteiger partial charge in [-0.1, -0.05) is 24.3 Å². The first-order chi connectivity index (χ1) is 20.6. The summed E-state index contributed by atoms with van der Waals surface area (Å²) in [6.45, 7) is 6.08. The number of rotatable bonds is 10. The molecule has 15 heteroatoms. The van der Waals surface area contributed by atoms with Crippen LogP contribution in [-0.4, -0.2) is 47.7 Å². The van der Waals surface area contributed by atoms with Crippen molar-refractivity contribution in [1.82, 2.24) is 5.43 Å². The van der Waals surface area contributed by atoms with Gasteiger partial charge in [0.05, 0.1) is 18.4 Å². The van der Waals surface area contributed by atoms with Crippen molar-refractivity contribution >= 4 is 35.1 Å². The van der Waals surface area contributed by atoms with Gasteiger partial charge in [0, 0.05) is 11.3 Å². The molecule has 0 aromatic heterocycles. The third-order valence-electron chi connectivity index (χ3n) is 5.43. The molecule has 3 aromatic carbocycles. The fraction of sp³-hybridized carbons (Fsp3) is 0.241. The maximum absolute atomic E-state index is 13.6. The second-order valence-corrected chi connectivity index (χ2v) is 9.16. The minimum Gasteiger partial charge on any atom is -0.490 e. The molecule has 0 bridgehead atoms. The summed E-state index contributed by atoms with van der Waals surface area (Å²) in [7, 11) is 0. The highest BCUT2D eigenvalue weighted by Crippen LogP contribution is 2.33. The molecule has 0 aliphatic rings. The Labute approximate surface area is 251 Å². The average molecular weight is 619 g/mol. The zero-order chi connectivity index (χ0) is 33.0. The van der Waals surface area contributed by atoms with Crippen LogP contribution in [0.4, 0.5) is 29.3 Å². The van der Waals surface area contributed by atoms with Gasteiger partial charge >= 0.3 is 18.2 Å². The molecule has 0 heterocycles. The Morgan fingerprint density at radius 2 is 1.57 bits per heavy atom. The minimum atomic E-state index is -5.08. The first kappa shape index (κ1) is 34.7. The number of alkyl halides is 3. The summed E-state index contributed by atoms with van der Waals surface area (Å²) in [4.78, 5) is 34.7. The highest BCUT2D eigenvalue weighted by atomic mass is 19.4. The molecule has 44 heavy (non-hydrogen) atoms. The number of benzene rings is 3. The van der Waals surface area contributed by atoms with Crippen molar-refractivity contribution in [3.8, 4) is 11.5 Å². The summed E-state index contributed by atoms with van der Waals surface area (Å²) in [5, 5.41) is 18.9. The van der Waals surface area contributed by atoms with Crippen molar-refractivity contribution in [3.63, 3.8) is 0 Å². The minimum absolute atomic E-state index is 0.0668. The number of hydrogen-bond donors (Lipinski definition) is 6. The Balaban J connectivity index is 0.000000860. The SMILES string of the molecule is CCOc1cc(C(Nc2ccc(C(=N)N)cc2)C(=O)NN(C(N)=O)c2ccccc2)ccc1OC(C)C.O=C(O)C(F)(F)F. The molecule has 0 fully saturated rings. The number of carboxylic acids is 1. The van der Waals surface area contributed by atoms with Crippen LogP contribution in [0.5, 0.6) is 11.5 Å². The van der Waals surface area contributed by atoms with Crippen LogP contribution in [-0.2, 0) is 9.59 Å². The number of amides is 3. The molecule has 0 saturated carbocycles. The lowest BCUT2D eigenvalue weighted by Crippen LogP contribution is -2.51. The number of amidine groups is 1. The van der Waals surface area contributed by atoms with E-state index in [1.807, 2.05) is 20.8 Å². The van der Waals surface area contributed by atoms with E-state index in [1.54, 1.807) is 72.8 Å². The van der Waals surface area contributed by atoms with Gasteiger partial charge in [0.2, 0.25) is 0 Å². The molecule has 0 saturated heterocycles. The third kappa shape index (κ3) is 10.4. The summed E-state index contributed by atoms with van der Waals surface area (Å²) in [5.74, 6) is -2.34. The van der Waals surface area contributed by atoms with Gasteiger partial charge < -0.3 is 31.4 Å². The van der Waals surface area contributed by atoms with Crippen molar-refractivity contribution in [1.29, 1.82) is 5.41 Å². The molecule has 0 aliphatic carbocycles. The van der Waals surface area contributed by atoms with Gasteiger partial charge in [-0.3, -0.25) is 15.6 Å². The number of urea groups is 1. The second kappa shape index (κ2) is 15.7. The number of nitrogen functional groups attached to an aromatic ring is 1. The van der Waals surface area contributed by atoms with Gasteiger partial charge in [-0.25, -0.2) is 14.6 Å². The topological polar surface area (TPSA) is 193 Å². The fourth-order valence-corrected chi connectivity index (χ4v) is 3.54. The summed E-state index contributed by atoms with van der Waals surface area (Å²) in [6, 6.07) is 18.7. The summed E-state index contributed by atoms with van der Waals surface area (Å²) in [5.41, 5.74) is 15.8. The van der Waals surface area contributed by atoms with E-state index in [9.17, 15) is 22.8 Å². The molecule has 0 aliphatic heterocycles. The lowest BCUT2D eigenvalue weighted by molar-refractivity contribution is -0.192. The van der Waals surface area contributed by atoms with Crippen LogP contribution in [0.2, 0.25) is 0 Å². The van der Waals surface area contributed by atoms with E-state index in [0.29, 0.717) is 40.6 Å². The Kier molecular flexibility index (Phi) is 12.4. The zero-order valence-corrected chi connectivity index (χ0v) is 24.0. The predicted octanol–water partition coefficient (Wildman–Crippen LogP) is 4.56. The van der Waals surface area contributed by atoms with Crippen LogP contribution in [0.1, 0.15) is 37.9 Å². The van der Waals surface area contributed by atoms with E-state index in [4.69, 9.17) is 36.3 Å². The van der Waals surface area contributed by atoms with Gasteiger partial charge in [-0.15, -0.1) is 0 Å². The number of hydrogen-bond acceptors (Lipinski definition) is 7. The first-order valence-electron chi connectivity index (χ1n) is 13.0. The van der Waals surface area contributed by atoms with E-state index in [1.165, 1.54) is 0 Å². The number of carboxylic acid groups (broad SMARTS) is 1. The number of anilines is 2. The molecule has 0 radical (unpaired) electrons. The molecule has 0 spiro atoms. The number of aliphatic carboxylic acids is 1. The molecule has 12 nitrogen and oxygen atoms in total. The smallest absolute Gasteiger partial charge is 0.490 e. The molecule has 236 valence electrons. The fourth-order valence-electron chi connectivity index (χ4n) is 3.54. The van der Waals surface area contributed by atoms with Crippen molar-refractivity contribution in [3.05, 3.63) is 83.9 Å². The predicted molar refractivity (Wildman–Crippen MR) is 158 cm³/mol. The van der Waals surface area contributed by atoms with E-state index in [0.717, 1.165) is 5.01 Å². The van der Waals surface area contributed by atoms with E-state index >= 15 is 0 Å². The summed E-state index contributed by atoms with van der Waals surface area (Å²) < 4.78 is 43.4. The first-order valence-corrected chi connectivity index (χ1v) is 13.0. The number of para-hydroxylation sites is 1. The summed E-state index contributed by atoms with van der Waals surface area (Å²) in [6.07, 6.45) is -5.16. The number of ether oxygens (including phenoxy) is 2. The molecule has 3 amide bonds. The standard InChI is InChI=1S/C27H32N6O4.C2HF3O2/c1-4-36-23-16-19(12-15-22(23)37-17(2)3)24(31-20-13-10-18(11-14-20)25(28)29)26(34)32-33(27(30)35)21-8-6-5-7-9-21;3-2(4,5)1(6)7/h5-17,24,31H,4H2,1-3H3,(H3,28,29)(H2,30,35)(H,32,34);(H,6,7). The Bertz CT molecular complexity index is 1440. The van der Waals surface area contributed by atoms with Gasteiger partial charge in [-0.2, -0.15) is 13.2 Å². The monoisotopic (exact) mass is 618 g/mol. The molecule has 8 N–H and O–H groups in total. The van der Waals surface area contributed by atoms with E-state index in [2.05, 4.69) is 10.7 Å². The number of carbonyl (C=O) groups is 3. The van der Waals surface area contributed by atoms with Gasteiger partial charge in [0.1, 0.15) is 11.9 Å². The number of primary amides is 1. The third-order valence-corrected chi connectivity index (χ3v) is 5.43. The number of halogens is 3.